The van der Waals surface area contributed by atoms with E-state index in [1.807, 2.05) is 24.3 Å². The van der Waals surface area contributed by atoms with Gasteiger partial charge in [-0.2, -0.15) is 0 Å². The van der Waals surface area contributed by atoms with Crippen LogP contribution < -0.4 is 10.1 Å². The summed E-state index contributed by atoms with van der Waals surface area (Å²) in [6.07, 6.45) is 2.15. The lowest BCUT2D eigenvalue weighted by Gasteiger charge is -2.13. The molecule has 3 rings (SSSR count). The second-order valence-electron chi connectivity index (χ2n) is 6.58. The van der Waals surface area contributed by atoms with E-state index in [2.05, 4.69) is 15.5 Å². The van der Waals surface area contributed by atoms with Gasteiger partial charge >= 0.3 is 0 Å². The zero-order chi connectivity index (χ0) is 22.2. The predicted molar refractivity (Wildman–Crippen MR) is 119 cm³/mol. The number of halogens is 1. The summed E-state index contributed by atoms with van der Waals surface area (Å²) >= 11 is 6.37. The third kappa shape index (κ3) is 5.52. The van der Waals surface area contributed by atoms with E-state index in [1.165, 1.54) is 14.2 Å². The molecule has 0 spiro atoms. The zero-order valence-electron chi connectivity index (χ0n) is 17.1. The maximum Gasteiger partial charge on any atom is 0.273 e. The molecule has 8 heteroatoms. The van der Waals surface area contributed by atoms with Gasteiger partial charge in [0, 0.05) is 25.2 Å². The molecule has 0 atom stereocenters. The van der Waals surface area contributed by atoms with Crippen LogP contribution in [-0.4, -0.2) is 35.9 Å². The number of phenolic OH excluding ortho intramolecular Hbond substituents is 1. The summed E-state index contributed by atoms with van der Waals surface area (Å²) in [5.74, 6) is 0.113. The maximum atomic E-state index is 12.2. The number of hydrogen-bond donors (Lipinski definition) is 2. The molecule has 160 valence electrons. The Morgan fingerprint density at radius 2 is 1.87 bits per heavy atom. The number of para-hydroxylation sites is 1. The summed E-state index contributed by atoms with van der Waals surface area (Å²) in [5, 5.41) is 16.7. The Morgan fingerprint density at radius 3 is 2.55 bits per heavy atom. The lowest BCUT2D eigenvalue weighted by atomic mass is 10.0. The molecule has 1 amide bonds. The van der Waals surface area contributed by atoms with Crippen molar-refractivity contribution in [1.82, 2.24) is 10.3 Å². The van der Waals surface area contributed by atoms with Gasteiger partial charge in [-0.25, -0.2) is 4.98 Å². The molecule has 0 saturated carbocycles. The predicted octanol–water partition coefficient (Wildman–Crippen LogP) is 3.71. The quantitative estimate of drug-likeness (QED) is 0.412. The third-order valence-electron chi connectivity index (χ3n) is 4.51. The van der Waals surface area contributed by atoms with Gasteiger partial charge < -0.3 is 20.0 Å². The molecule has 0 bridgehead atoms. The largest absolute Gasteiger partial charge is 0.508 e. The first-order chi connectivity index (χ1) is 15.0. The normalized spacial score (nSPS) is 11.1. The Labute approximate surface area is 185 Å². The summed E-state index contributed by atoms with van der Waals surface area (Å²) in [6, 6.07) is 16.1. The van der Waals surface area contributed by atoms with Crippen molar-refractivity contribution in [3.8, 4) is 11.6 Å². The van der Waals surface area contributed by atoms with Gasteiger partial charge in [-0.3, -0.25) is 4.79 Å². The van der Waals surface area contributed by atoms with E-state index < -0.39 is 0 Å². The molecule has 0 aliphatic rings. The SMILES string of the molecule is CNC(=O)/C(=N\OC)c1ccccc1COc1ncc(Cc2ccccc2O)cc1Cl. The molecule has 0 radical (unpaired) electrons. The molecule has 0 aliphatic carbocycles. The molecule has 7 nitrogen and oxygen atoms in total. The number of carbonyl (C=O) groups excluding carboxylic acids is 1. The Balaban J connectivity index is 1.77. The van der Waals surface area contributed by atoms with Crippen molar-refractivity contribution in [3.63, 3.8) is 0 Å². The molecule has 3 aromatic rings. The first kappa shape index (κ1) is 22.1. The smallest absolute Gasteiger partial charge is 0.273 e. The lowest BCUT2D eigenvalue weighted by molar-refractivity contribution is -0.114. The van der Waals surface area contributed by atoms with Crippen molar-refractivity contribution >= 4 is 23.2 Å². The zero-order valence-corrected chi connectivity index (χ0v) is 17.9. The number of aromatic hydroxyl groups is 1. The molecule has 1 heterocycles. The van der Waals surface area contributed by atoms with E-state index in [9.17, 15) is 9.90 Å². The fraction of sp³-hybridized carbons (Fsp3) is 0.174. The minimum Gasteiger partial charge on any atom is -0.508 e. The number of likely N-dealkylation sites (N-methyl/N-ethyl adjacent to an activating group) is 1. The Morgan fingerprint density at radius 1 is 1.16 bits per heavy atom. The van der Waals surface area contributed by atoms with Crippen molar-refractivity contribution in [2.24, 2.45) is 5.16 Å². The molecular formula is C23H22ClN3O4. The van der Waals surface area contributed by atoms with Crippen molar-refractivity contribution in [1.29, 1.82) is 0 Å². The number of pyridine rings is 1. The summed E-state index contributed by atoms with van der Waals surface area (Å²) in [6.45, 7) is 0.126. The van der Waals surface area contributed by atoms with Gasteiger partial charge in [0.15, 0.2) is 5.71 Å². The summed E-state index contributed by atoms with van der Waals surface area (Å²) in [4.78, 5) is 21.3. The van der Waals surface area contributed by atoms with Gasteiger partial charge in [-0.1, -0.05) is 59.2 Å². The highest BCUT2D eigenvalue weighted by Gasteiger charge is 2.18. The number of oxime groups is 1. The number of hydrogen-bond acceptors (Lipinski definition) is 6. The van der Waals surface area contributed by atoms with Crippen LogP contribution in [0.2, 0.25) is 5.02 Å². The maximum absolute atomic E-state index is 12.2. The molecule has 31 heavy (non-hydrogen) atoms. The monoisotopic (exact) mass is 439 g/mol. The summed E-state index contributed by atoms with van der Waals surface area (Å²) in [5.41, 5.74) is 3.06. The topological polar surface area (TPSA) is 93.0 Å². The third-order valence-corrected chi connectivity index (χ3v) is 4.78. The number of nitrogens with one attached hydrogen (secondary N) is 1. The lowest BCUT2D eigenvalue weighted by Crippen LogP contribution is -2.29. The van der Waals surface area contributed by atoms with E-state index in [0.29, 0.717) is 17.0 Å². The first-order valence-electron chi connectivity index (χ1n) is 9.49. The molecule has 0 saturated heterocycles. The number of rotatable bonds is 8. The van der Waals surface area contributed by atoms with Crippen LogP contribution in [0, 0.1) is 0 Å². The van der Waals surface area contributed by atoms with Crippen LogP contribution in [0.5, 0.6) is 11.6 Å². The number of amides is 1. The average molecular weight is 440 g/mol. The number of phenols is 1. The van der Waals surface area contributed by atoms with Gasteiger partial charge in [0.25, 0.3) is 5.91 Å². The van der Waals surface area contributed by atoms with Crippen LogP contribution in [0.15, 0.2) is 65.9 Å². The highest BCUT2D eigenvalue weighted by molar-refractivity contribution is 6.45. The molecule has 0 unspecified atom stereocenters. The Bertz CT molecular complexity index is 1100. The number of carbonyl (C=O) groups is 1. The van der Waals surface area contributed by atoms with Crippen LogP contribution in [-0.2, 0) is 22.7 Å². The highest BCUT2D eigenvalue weighted by atomic mass is 35.5. The van der Waals surface area contributed by atoms with Gasteiger partial charge in [-0.05, 0) is 28.8 Å². The van der Waals surface area contributed by atoms with E-state index >= 15 is 0 Å². The average Bonchev–Trinajstić information content (AvgIpc) is 2.78. The molecule has 0 fully saturated rings. The van der Waals surface area contributed by atoms with Crippen LogP contribution in [0.1, 0.15) is 22.3 Å². The molecule has 0 aliphatic heterocycles. The highest BCUT2D eigenvalue weighted by Crippen LogP contribution is 2.26. The van der Waals surface area contributed by atoms with Gasteiger partial charge in [-0.15, -0.1) is 0 Å². The van der Waals surface area contributed by atoms with Crippen molar-refractivity contribution in [2.45, 2.75) is 13.0 Å². The van der Waals surface area contributed by atoms with Crippen molar-refractivity contribution in [3.05, 3.63) is 88.1 Å². The fourth-order valence-corrected chi connectivity index (χ4v) is 3.24. The summed E-state index contributed by atoms with van der Waals surface area (Å²) < 4.78 is 5.81. The molecular weight excluding hydrogens is 418 g/mol. The number of aromatic nitrogens is 1. The van der Waals surface area contributed by atoms with Crippen molar-refractivity contribution < 1.29 is 19.5 Å². The molecule has 1 aromatic heterocycles. The minimum atomic E-state index is -0.376. The second-order valence-corrected chi connectivity index (χ2v) is 6.99. The fourth-order valence-electron chi connectivity index (χ4n) is 2.99. The Hall–Kier alpha value is -3.58. The van der Waals surface area contributed by atoms with Crippen molar-refractivity contribution in [2.75, 3.05) is 14.2 Å². The standard InChI is InChI=1S/C23H22ClN3O4/c1-25-22(29)21(27-30-2)18-9-5-3-8-17(18)14-31-23-19(24)12-15(13-26-23)11-16-7-4-6-10-20(16)28/h3-10,12-13,28H,11,14H2,1-2H3,(H,25,29)/b27-21-. The second kappa shape index (κ2) is 10.4. The van der Waals surface area contributed by atoms with Crippen LogP contribution in [0.3, 0.4) is 0 Å². The van der Waals surface area contributed by atoms with E-state index in [4.69, 9.17) is 21.2 Å². The number of benzene rings is 2. The number of ether oxygens (including phenoxy) is 1. The van der Waals surface area contributed by atoms with Gasteiger partial charge in [0.2, 0.25) is 5.88 Å². The molecule has 2 aromatic carbocycles. The first-order valence-corrected chi connectivity index (χ1v) is 9.87. The van der Waals surface area contributed by atoms with Crippen LogP contribution in [0.4, 0.5) is 0 Å². The number of nitrogens with zero attached hydrogens (tertiary/aromatic N) is 2. The van der Waals surface area contributed by atoms with Crippen LogP contribution in [0.25, 0.3) is 0 Å². The summed E-state index contributed by atoms with van der Waals surface area (Å²) in [7, 11) is 2.90. The van der Waals surface area contributed by atoms with E-state index in [0.717, 1.165) is 16.7 Å². The van der Waals surface area contributed by atoms with E-state index in [-0.39, 0.29) is 29.9 Å². The van der Waals surface area contributed by atoms with Gasteiger partial charge in [0.05, 0.1) is 0 Å². The minimum absolute atomic E-state index is 0.126. The van der Waals surface area contributed by atoms with Crippen LogP contribution >= 0.6 is 11.6 Å². The van der Waals surface area contributed by atoms with E-state index in [1.54, 1.807) is 36.5 Å². The molecule has 2 N–H and O–H groups in total. The Kier molecular flexibility index (Phi) is 7.45. The van der Waals surface area contributed by atoms with Gasteiger partial charge in [0.1, 0.15) is 24.5 Å².